The molecule has 4 aromatic rings. The zero-order valence-corrected chi connectivity index (χ0v) is 18.5. The molecule has 0 spiro atoms. The summed E-state index contributed by atoms with van der Waals surface area (Å²) in [6.07, 6.45) is 1.81. The van der Waals surface area contributed by atoms with Crippen LogP contribution in [-0.4, -0.2) is 21.7 Å². The molecular weight excluding hydrogens is 406 g/mol. The molecule has 1 N–H and O–H groups in total. The third kappa shape index (κ3) is 4.80. The molecule has 0 bridgehead atoms. The Kier molecular flexibility index (Phi) is 6.38. The van der Waals surface area contributed by atoms with Gasteiger partial charge < -0.3 is 5.32 Å². The second kappa shape index (κ2) is 9.36. The molecule has 1 aromatic heterocycles. The van der Waals surface area contributed by atoms with Gasteiger partial charge in [0.15, 0.2) is 0 Å². The Hall–Kier alpha value is -3.11. The Labute approximate surface area is 187 Å². The molecule has 0 fully saturated rings. The molecule has 4 rings (SSSR count). The highest BCUT2D eigenvalue weighted by Crippen LogP contribution is 2.31. The Morgan fingerprint density at radius 2 is 1.68 bits per heavy atom. The topological polar surface area (TPSA) is 46.9 Å². The average Bonchev–Trinajstić information content (AvgIpc) is 3.17. The van der Waals surface area contributed by atoms with Crippen LogP contribution in [0, 0.1) is 0 Å². The number of hydrogen-bond donors (Lipinski definition) is 1. The summed E-state index contributed by atoms with van der Waals surface area (Å²) in [5.41, 5.74) is 3.99. The first kappa shape index (κ1) is 21.1. The molecule has 31 heavy (non-hydrogen) atoms. The smallest absolute Gasteiger partial charge is 0.244 e. The van der Waals surface area contributed by atoms with Crippen LogP contribution in [0.5, 0.6) is 0 Å². The van der Waals surface area contributed by atoms with Gasteiger partial charge in [0.25, 0.3) is 0 Å². The third-order valence-corrected chi connectivity index (χ3v) is 5.79. The van der Waals surface area contributed by atoms with E-state index < -0.39 is 6.04 Å². The number of benzene rings is 3. The van der Waals surface area contributed by atoms with Crippen LogP contribution in [0.2, 0.25) is 5.02 Å². The summed E-state index contributed by atoms with van der Waals surface area (Å²) in [5, 5.41) is 9.56. The highest BCUT2D eigenvalue weighted by Gasteiger charge is 2.22. The van der Waals surface area contributed by atoms with Gasteiger partial charge in [0, 0.05) is 22.0 Å². The van der Waals surface area contributed by atoms with Gasteiger partial charge in [0.2, 0.25) is 5.91 Å². The number of fused-ring (bicyclic) bond motifs is 1. The summed E-state index contributed by atoms with van der Waals surface area (Å²) in [5.74, 6) is -0.0421. The molecule has 0 aliphatic rings. The van der Waals surface area contributed by atoms with Crippen molar-refractivity contribution in [3.8, 4) is 11.3 Å². The highest BCUT2D eigenvalue weighted by molar-refractivity contribution is 6.31. The Balaban J connectivity index is 1.54. The fourth-order valence-corrected chi connectivity index (χ4v) is 3.96. The lowest BCUT2D eigenvalue weighted by atomic mass is 10.1. The van der Waals surface area contributed by atoms with Crippen LogP contribution in [0.3, 0.4) is 0 Å². The number of rotatable bonds is 7. The van der Waals surface area contributed by atoms with Crippen molar-refractivity contribution in [2.24, 2.45) is 0 Å². The van der Waals surface area contributed by atoms with Crippen molar-refractivity contribution >= 4 is 28.4 Å². The Morgan fingerprint density at radius 3 is 2.39 bits per heavy atom. The SMILES string of the molecule is C[C@H](CCc1ccccc1)NC(=O)[C@@H](C)n1nc(-c2ccccc2)c2cc(Cl)ccc21. The molecule has 2 atom stereocenters. The van der Waals surface area contributed by atoms with Crippen molar-refractivity contribution in [1.29, 1.82) is 0 Å². The molecule has 0 radical (unpaired) electrons. The fraction of sp³-hybridized carbons (Fsp3) is 0.231. The van der Waals surface area contributed by atoms with E-state index in [2.05, 4.69) is 17.4 Å². The number of aryl methyl sites for hydroxylation is 1. The predicted molar refractivity (Wildman–Crippen MR) is 127 cm³/mol. The molecule has 3 aromatic carbocycles. The number of nitrogens with zero attached hydrogens (tertiary/aromatic N) is 2. The lowest BCUT2D eigenvalue weighted by Crippen LogP contribution is -2.37. The molecule has 0 unspecified atom stereocenters. The first-order valence-electron chi connectivity index (χ1n) is 10.6. The predicted octanol–water partition coefficient (Wildman–Crippen LogP) is 6.06. The van der Waals surface area contributed by atoms with Crippen LogP contribution in [0.4, 0.5) is 0 Å². The van der Waals surface area contributed by atoms with E-state index in [1.54, 1.807) is 4.68 Å². The van der Waals surface area contributed by atoms with Crippen LogP contribution in [0.15, 0.2) is 78.9 Å². The molecule has 0 saturated carbocycles. The Bertz CT molecular complexity index is 1170. The monoisotopic (exact) mass is 431 g/mol. The van der Waals surface area contributed by atoms with Crippen molar-refractivity contribution in [2.45, 2.75) is 38.8 Å². The summed E-state index contributed by atoms with van der Waals surface area (Å²) in [4.78, 5) is 13.0. The maximum absolute atomic E-state index is 13.0. The molecule has 0 aliphatic carbocycles. The summed E-state index contributed by atoms with van der Waals surface area (Å²) >= 11 is 6.27. The zero-order valence-electron chi connectivity index (χ0n) is 17.8. The second-order valence-electron chi connectivity index (χ2n) is 7.93. The van der Waals surface area contributed by atoms with Crippen LogP contribution < -0.4 is 5.32 Å². The molecule has 0 aliphatic heterocycles. The highest BCUT2D eigenvalue weighted by atomic mass is 35.5. The molecule has 4 nitrogen and oxygen atoms in total. The summed E-state index contributed by atoms with van der Waals surface area (Å²) < 4.78 is 1.80. The lowest BCUT2D eigenvalue weighted by molar-refractivity contribution is -0.124. The number of carbonyl (C=O) groups is 1. The van der Waals surface area contributed by atoms with E-state index in [1.165, 1.54) is 5.56 Å². The van der Waals surface area contributed by atoms with Gasteiger partial charge in [-0.15, -0.1) is 0 Å². The maximum Gasteiger partial charge on any atom is 0.244 e. The number of nitrogens with one attached hydrogen (secondary N) is 1. The first-order valence-corrected chi connectivity index (χ1v) is 11.0. The van der Waals surface area contributed by atoms with Crippen molar-refractivity contribution in [2.75, 3.05) is 0 Å². The van der Waals surface area contributed by atoms with Crippen molar-refractivity contribution in [1.82, 2.24) is 15.1 Å². The minimum atomic E-state index is -0.444. The van der Waals surface area contributed by atoms with Crippen LogP contribution in [0.1, 0.15) is 31.9 Å². The van der Waals surface area contributed by atoms with E-state index in [4.69, 9.17) is 16.7 Å². The largest absolute Gasteiger partial charge is 0.352 e. The van der Waals surface area contributed by atoms with E-state index in [1.807, 2.05) is 80.6 Å². The van der Waals surface area contributed by atoms with E-state index in [0.29, 0.717) is 5.02 Å². The van der Waals surface area contributed by atoms with Gasteiger partial charge in [-0.05, 0) is 50.5 Å². The normalized spacial score (nSPS) is 13.1. The molecular formula is C26H26ClN3O. The van der Waals surface area contributed by atoms with Crippen LogP contribution in [-0.2, 0) is 11.2 Å². The summed E-state index contributed by atoms with van der Waals surface area (Å²) in [7, 11) is 0. The first-order chi connectivity index (χ1) is 15.0. The Morgan fingerprint density at radius 1 is 1.00 bits per heavy atom. The number of amides is 1. The summed E-state index contributed by atoms with van der Waals surface area (Å²) in [6.45, 7) is 3.93. The standard InChI is InChI=1S/C26H26ClN3O/c1-18(13-14-20-9-5-3-6-10-20)28-26(31)19(2)30-24-16-15-22(27)17-23(24)25(29-30)21-11-7-4-8-12-21/h3-12,15-19H,13-14H2,1-2H3,(H,28,31)/t18-,19-/m1/s1. The minimum absolute atomic E-state index is 0.0421. The van der Waals surface area contributed by atoms with Gasteiger partial charge in [-0.1, -0.05) is 72.3 Å². The van der Waals surface area contributed by atoms with Gasteiger partial charge in [0.05, 0.1) is 5.52 Å². The quantitative estimate of drug-likeness (QED) is 0.387. The third-order valence-electron chi connectivity index (χ3n) is 5.56. The van der Waals surface area contributed by atoms with Crippen LogP contribution >= 0.6 is 11.6 Å². The summed E-state index contributed by atoms with van der Waals surface area (Å²) in [6, 6.07) is 25.6. The maximum atomic E-state index is 13.0. The molecule has 1 amide bonds. The van der Waals surface area contributed by atoms with E-state index >= 15 is 0 Å². The van der Waals surface area contributed by atoms with Gasteiger partial charge in [-0.25, -0.2) is 0 Å². The minimum Gasteiger partial charge on any atom is -0.352 e. The number of carbonyl (C=O) groups excluding carboxylic acids is 1. The molecule has 158 valence electrons. The fourth-order valence-electron chi connectivity index (χ4n) is 3.79. The second-order valence-corrected chi connectivity index (χ2v) is 8.37. The van der Waals surface area contributed by atoms with Crippen molar-refractivity contribution in [3.05, 3.63) is 89.4 Å². The zero-order chi connectivity index (χ0) is 21.8. The van der Waals surface area contributed by atoms with Gasteiger partial charge in [-0.2, -0.15) is 5.10 Å². The van der Waals surface area contributed by atoms with Crippen LogP contribution in [0.25, 0.3) is 22.2 Å². The van der Waals surface area contributed by atoms with Gasteiger partial charge >= 0.3 is 0 Å². The average molecular weight is 432 g/mol. The number of halogens is 1. The van der Waals surface area contributed by atoms with Crippen molar-refractivity contribution in [3.63, 3.8) is 0 Å². The van der Waals surface area contributed by atoms with E-state index in [0.717, 1.165) is 35.0 Å². The number of hydrogen-bond acceptors (Lipinski definition) is 2. The van der Waals surface area contributed by atoms with E-state index in [9.17, 15) is 4.79 Å². The van der Waals surface area contributed by atoms with Gasteiger partial charge in [0.1, 0.15) is 11.7 Å². The lowest BCUT2D eigenvalue weighted by Gasteiger charge is -2.18. The van der Waals surface area contributed by atoms with Gasteiger partial charge in [-0.3, -0.25) is 9.48 Å². The number of aromatic nitrogens is 2. The molecule has 1 heterocycles. The van der Waals surface area contributed by atoms with E-state index in [-0.39, 0.29) is 11.9 Å². The molecule has 5 heteroatoms. The van der Waals surface area contributed by atoms with Crippen molar-refractivity contribution < 1.29 is 4.79 Å². The molecule has 0 saturated heterocycles.